The molecule has 1 heterocycles. The van der Waals surface area contributed by atoms with Gasteiger partial charge in [-0.15, -0.1) is 0 Å². The van der Waals surface area contributed by atoms with Crippen molar-refractivity contribution in [2.45, 2.75) is 19.0 Å². The van der Waals surface area contributed by atoms with Crippen LogP contribution in [-0.4, -0.2) is 49.1 Å². The van der Waals surface area contributed by atoms with E-state index in [2.05, 4.69) is 82.6 Å². The van der Waals surface area contributed by atoms with Crippen molar-refractivity contribution in [1.29, 1.82) is 0 Å². The van der Waals surface area contributed by atoms with Crippen LogP contribution in [0.3, 0.4) is 0 Å². The Hall–Kier alpha value is -2.95. The smallest absolute Gasteiger partial charge is 0.309 e. The van der Waals surface area contributed by atoms with Gasteiger partial charge in [0.15, 0.2) is 0 Å². The van der Waals surface area contributed by atoms with Crippen LogP contribution in [0.15, 0.2) is 84.9 Å². The Labute approximate surface area is 185 Å². The van der Waals surface area contributed by atoms with E-state index in [1.807, 2.05) is 12.1 Å². The number of ether oxygens (including phenoxy) is 1. The molecular formula is C27H30N2O2. The van der Waals surface area contributed by atoms with Crippen LogP contribution in [0.4, 0.5) is 0 Å². The van der Waals surface area contributed by atoms with Gasteiger partial charge in [0.05, 0.1) is 19.6 Å². The third-order valence-electron chi connectivity index (χ3n) is 6.01. The molecule has 0 saturated carbocycles. The molecule has 0 aliphatic carbocycles. The topological polar surface area (TPSA) is 32.8 Å². The number of carbonyl (C=O) groups excluding carboxylic acids is 1. The van der Waals surface area contributed by atoms with Gasteiger partial charge < -0.3 is 4.74 Å². The van der Waals surface area contributed by atoms with E-state index in [4.69, 9.17) is 4.74 Å². The van der Waals surface area contributed by atoms with E-state index in [0.29, 0.717) is 12.5 Å². The Morgan fingerprint density at radius 1 is 0.774 bits per heavy atom. The molecule has 3 aromatic rings. The number of nitrogens with zero attached hydrogens (tertiary/aromatic N) is 2. The van der Waals surface area contributed by atoms with Crippen molar-refractivity contribution in [2.24, 2.45) is 0 Å². The minimum atomic E-state index is -0.199. The van der Waals surface area contributed by atoms with Crippen molar-refractivity contribution >= 4 is 5.97 Å². The van der Waals surface area contributed by atoms with Crippen LogP contribution in [0.5, 0.6) is 0 Å². The van der Waals surface area contributed by atoms with E-state index in [1.165, 1.54) is 23.8 Å². The molecule has 4 heteroatoms. The van der Waals surface area contributed by atoms with Crippen LogP contribution < -0.4 is 0 Å². The molecule has 4 rings (SSSR count). The monoisotopic (exact) mass is 414 g/mol. The molecule has 0 unspecified atom stereocenters. The fourth-order valence-corrected chi connectivity index (χ4v) is 4.32. The minimum Gasteiger partial charge on any atom is -0.469 e. The van der Waals surface area contributed by atoms with Crippen LogP contribution in [0, 0.1) is 0 Å². The molecule has 1 aliphatic heterocycles. The molecule has 0 amide bonds. The number of hydrogen-bond acceptors (Lipinski definition) is 4. The van der Waals surface area contributed by atoms with Crippen molar-refractivity contribution in [3.63, 3.8) is 0 Å². The van der Waals surface area contributed by atoms with Gasteiger partial charge in [0, 0.05) is 32.7 Å². The summed E-state index contributed by atoms with van der Waals surface area (Å²) in [5.41, 5.74) is 4.98. The van der Waals surface area contributed by atoms with Gasteiger partial charge >= 0.3 is 5.97 Å². The number of benzene rings is 3. The first kappa shape index (κ1) is 21.3. The summed E-state index contributed by atoms with van der Waals surface area (Å²) in [4.78, 5) is 16.5. The zero-order valence-electron chi connectivity index (χ0n) is 18.1. The lowest BCUT2D eigenvalue weighted by Gasteiger charge is -2.40. The number of methoxy groups -OCH3 is 1. The summed E-state index contributed by atoms with van der Waals surface area (Å²) in [6.07, 6.45) is 0.329. The number of carbonyl (C=O) groups is 1. The largest absolute Gasteiger partial charge is 0.469 e. The molecule has 160 valence electrons. The third kappa shape index (κ3) is 5.60. The van der Waals surface area contributed by atoms with Gasteiger partial charge in [0.2, 0.25) is 0 Å². The molecule has 1 fully saturated rings. The molecule has 1 aliphatic rings. The molecule has 4 nitrogen and oxygen atoms in total. The minimum absolute atomic E-state index is 0.199. The summed E-state index contributed by atoms with van der Waals surface area (Å²) in [6, 6.07) is 30.2. The molecular weight excluding hydrogens is 384 g/mol. The summed E-state index contributed by atoms with van der Waals surface area (Å²) < 4.78 is 4.75. The highest BCUT2D eigenvalue weighted by atomic mass is 16.5. The third-order valence-corrected chi connectivity index (χ3v) is 6.01. The molecule has 0 radical (unpaired) electrons. The van der Waals surface area contributed by atoms with E-state index < -0.39 is 0 Å². The molecule has 0 atom stereocenters. The fraction of sp³-hybridized carbons (Fsp3) is 0.296. The zero-order chi connectivity index (χ0) is 21.5. The Morgan fingerprint density at radius 3 is 1.81 bits per heavy atom. The van der Waals surface area contributed by atoms with Crippen molar-refractivity contribution < 1.29 is 9.53 Å². The Morgan fingerprint density at radius 2 is 1.29 bits per heavy atom. The van der Waals surface area contributed by atoms with Crippen LogP contribution in [0.1, 0.15) is 28.3 Å². The van der Waals surface area contributed by atoms with Crippen molar-refractivity contribution in [2.75, 3.05) is 33.3 Å². The Bertz CT molecular complexity index is 910. The average Bonchev–Trinajstić information content (AvgIpc) is 2.83. The number of hydrogen-bond donors (Lipinski definition) is 0. The highest BCUT2D eigenvalue weighted by Crippen LogP contribution is 2.29. The second-order valence-corrected chi connectivity index (χ2v) is 8.11. The Kier molecular flexibility index (Phi) is 7.13. The van der Waals surface area contributed by atoms with E-state index in [-0.39, 0.29) is 5.97 Å². The van der Waals surface area contributed by atoms with Gasteiger partial charge in [-0.2, -0.15) is 0 Å². The SMILES string of the molecule is COC(=O)Cc1ccc(CN2CCN(C(c3ccccc3)c3ccccc3)CC2)cc1. The van der Waals surface area contributed by atoms with Gasteiger partial charge in [-0.1, -0.05) is 84.9 Å². The van der Waals surface area contributed by atoms with Crippen LogP contribution in [-0.2, 0) is 22.5 Å². The lowest BCUT2D eigenvalue weighted by Crippen LogP contribution is -2.47. The summed E-state index contributed by atoms with van der Waals surface area (Å²) in [6.45, 7) is 5.09. The normalized spacial score (nSPS) is 15.2. The van der Waals surface area contributed by atoms with Gasteiger partial charge in [0.1, 0.15) is 0 Å². The number of esters is 1. The molecule has 1 saturated heterocycles. The molecule has 0 bridgehead atoms. The standard InChI is InChI=1S/C27H30N2O2/c1-31-26(30)20-22-12-14-23(15-13-22)21-28-16-18-29(19-17-28)27(24-8-4-2-5-9-24)25-10-6-3-7-11-25/h2-15,27H,16-21H2,1H3. The second-order valence-electron chi connectivity index (χ2n) is 8.11. The van der Waals surface area contributed by atoms with Crippen molar-refractivity contribution in [3.8, 4) is 0 Å². The zero-order valence-corrected chi connectivity index (χ0v) is 18.1. The maximum absolute atomic E-state index is 11.4. The predicted molar refractivity (Wildman–Crippen MR) is 124 cm³/mol. The van der Waals surface area contributed by atoms with E-state index in [0.717, 1.165) is 38.3 Å². The highest BCUT2D eigenvalue weighted by Gasteiger charge is 2.26. The molecule has 31 heavy (non-hydrogen) atoms. The highest BCUT2D eigenvalue weighted by molar-refractivity contribution is 5.72. The maximum atomic E-state index is 11.4. The summed E-state index contributed by atoms with van der Waals surface area (Å²) >= 11 is 0. The van der Waals surface area contributed by atoms with Crippen LogP contribution >= 0.6 is 0 Å². The van der Waals surface area contributed by atoms with E-state index >= 15 is 0 Å². The van der Waals surface area contributed by atoms with Gasteiger partial charge in [0.25, 0.3) is 0 Å². The van der Waals surface area contributed by atoms with Crippen LogP contribution in [0.2, 0.25) is 0 Å². The first-order valence-electron chi connectivity index (χ1n) is 10.9. The quantitative estimate of drug-likeness (QED) is 0.540. The lowest BCUT2D eigenvalue weighted by molar-refractivity contribution is -0.139. The van der Waals surface area contributed by atoms with Crippen LogP contribution in [0.25, 0.3) is 0 Å². The second kappa shape index (κ2) is 10.4. The van der Waals surface area contributed by atoms with Gasteiger partial charge in [-0.25, -0.2) is 0 Å². The maximum Gasteiger partial charge on any atom is 0.309 e. The summed E-state index contributed by atoms with van der Waals surface area (Å²) in [5.74, 6) is -0.199. The predicted octanol–water partition coefficient (Wildman–Crippen LogP) is 4.31. The average molecular weight is 415 g/mol. The lowest BCUT2D eigenvalue weighted by atomic mass is 9.96. The molecule has 0 spiro atoms. The number of piperazine rings is 1. The summed E-state index contributed by atoms with van der Waals surface area (Å²) in [5, 5.41) is 0. The first-order valence-corrected chi connectivity index (χ1v) is 10.9. The van der Waals surface area contributed by atoms with Crippen molar-refractivity contribution in [1.82, 2.24) is 9.80 Å². The molecule has 0 N–H and O–H groups in total. The fourth-order valence-electron chi connectivity index (χ4n) is 4.32. The number of rotatable bonds is 7. The Balaban J connectivity index is 1.38. The molecule has 3 aromatic carbocycles. The van der Waals surface area contributed by atoms with Crippen molar-refractivity contribution in [3.05, 3.63) is 107 Å². The van der Waals surface area contributed by atoms with Gasteiger partial charge in [-0.05, 0) is 22.3 Å². The molecule has 0 aromatic heterocycles. The van der Waals surface area contributed by atoms with E-state index in [9.17, 15) is 4.79 Å². The first-order chi connectivity index (χ1) is 15.2. The van der Waals surface area contributed by atoms with Gasteiger partial charge in [-0.3, -0.25) is 14.6 Å². The van der Waals surface area contributed by atoms with E-state index in [1.54, 1.807) is 0 Å². The summed E-state index contributed by atoms with van der Waals surface area (Å²) in [7, 11) is 1.43.